The van der Waals surface area contributed by atoms with Crippen LogP contribution in [0, 0.1) is 5.41 Å². The maximum atomic E-state index is 12.5. The number of aromatic nitrogens is 4. The molecule has 29 heavy (non-hydrogen) atoms. The predicted molar refractivity (Wildman–Crippen MR) is 108 cm³/mol. The van der Waals surface area contributed by atoms with E-state index >= 15 is 0 Å². The lowest BCUT2D eigenvalue weighted by Gasteiger charge is -2.47. The number of rotatable bonds is 4. The van der Waals surface area contributed by atoms with Gasteiger partial charge in [-0.05, 0) is 60.1 Å². The van der Waals surface area contributed by atoms with E-state index < -0.39 is 0 Å². The summed E-state index contributed by atoms with van der Waals surface area (Å²) in [4.78, 5) is 16.8. The molecule has 3 fully saturated rings. The quantitative estimate of drug-likeness (QED) is 0.787. The van der Waals surface area contributed by atoms with E-state index in [0.29, 0.717) is 12.3 Å². The van der Waals surface area contributed by atoms with Crippen molar-refractivity contribution in [3.05, 3.63) is 30.3 Å². The predicted octanol–water partition coefficient (Wildman–Crippen LogP) is 2.05. The number of carbonyl (C=O) groups excluding carboxylic acids is 1. The molecule has 1 amide bonds. The first-order valence-electron chi connectivity index (χ1n) is 10.7. The van der Waals surface area contributed by atoms with Gasteiger partial charge in [0.15, 0.2) is 0 Å². The molecule has 0 radical (unpaired) electrons. The molecule has 1 aromatic heterocycles. The molecule has 1 spiro atoms. The Bertz CT molecular complexity index is 840. The Morgan fingerprint density at radius 3 is 2.72 bits per heavy atom. The van der Waals surface area contributed by atoms with Crippen LogP contribution in [0.1, 0.15) is 38.5 Å². The number of hydrogen-bond donors (Lipinski definition) is 0. The van der Waals surface area contributed by atoms with Gasteiger partial charge in [0.1, 0.15) is 0 Å². The highest BCUT2D eigenvalue weighted by Crippen LogP contribution is 2.41. The first-order valence-corrected chi connectivity index (χ1v) is 10.7. The molecule has 0 unspecified atom stereocenters. The summed E-state index contributed by atoms with van der Waals surface area (Å²) < 4.78 is 7.59. The second kappa shape index (κ2) is 7.74. The van der Waals surface area contributed by atoms with E-state index in [2.05, 4.69) is 25.3 Å². The smallest absolute Gasteiger partial charge is 0.250 e. The average Bonchev–Trinajstić information content (AvgIpc) is 3.44. The van der Waals surface area contributed by atoms with Crippen LogP contribution in [0.15, 0.2) is 30.3 Å². The molecule has 5 rings (SSSR count). The first kappa shape index (κ1) is 18.5. The van der Waals surface area contributed by atoms with Crippen LogP contribution in [-0.4, -0.2) is 69.9 Å². The van der Waals surface area contributed by atoms with Crippen molar-refractivity contribution in [3.8, 4) is 5.69 Å². The highest BCUT2D eigenvalue weighted by atomic mass is 16.5. The molecule has 4 heterocycles. The van der Waals surface area contributed by atoms with Gasteiger partial charge >= 0.3 is 0 Å². The number of carbonyl (C=O) groups is 1. The van der Waals surface area contributed by atoms with Crippen LogP contribution in [0.5, 0.6) is 0 Å². The van der Waals surface area contributed by atoms with Crippen molar-refractivity contribution in [2.75, 3.05) is 37.7 Å². The Morgan fingerprint density at radius 2 is 1.97 bits per heavy atom. The SMILES string of the molecule is O=C1CCC2(CCN(c3nnnn3-c3ccccc3)CC2)CN1C[C@@H]1CCCO1. The molecule has 154 valence electrons. The summed E-state index contributed by atoms with van der Waals surface area (Å²) in [6.07, 6.45) is 6.19. The molecule has 3 aliphatic rings. The standard InChI is InChI=1S/C21H28N6O2/c28-19-8-9-21(16-26(19)15-18-7-4-14-29-18)10-12-25(13-11-21)20-22-23-24-27(20)17-5-2-1-3-6-17/h1-3,5-6,18H,4,7-16H2/t18-/m0/s1. The Morgan fingerprint density at radius 1 is 1.14 bits per heavy atom. The van der Waals surface area contributed by atoms with Crippen LogP contribution < -0.4 is 4.90 Å². The van der Waals surface area contributed by atoms with Crippen LogP contribution in [-0.2, 0) is 9.53 Å². The number of para-hydroxylation sites is 1. The molecule has 1 atom stereocenters. The van der Waals surface area contributed by atoms with Crippen LogP contribution in [0.2, 0.25) is 0 Å². The molecule has 3 aliphatic heterocycles. The van der Waals surface area contributed by atoms with E-state index in [1.54, 1.807) is 0 Å². The number of nitrogens with zero attached hydrogens (tertiary/aromatic N) is 6. The fourth-order valence-corrected chi connectivity index (χ4v) is 5.01. The maximum Gasteiger partial charge on any atom is 0.250 e. The average molecular weight is 396 g/mol. The molecular formula is C21H28N6O2. The number of anilines is 1. The summed E-state index contributed by atoms with van der Waals surface area (Å²) in [6.45, 7) is 4.28. The molecule has 0 aliphatic carbocycles. The number of hydrogen-bond acceptors (Lipinski definition) is 6. The Balaban J connectivity index is 1.26. The lowest BCUT2D eigenvalue weighted by molar-refractivity contribution is -0.140. The fraction of sp³-hybridized carbons (Fsp3) is 0.619. The minimum absolute atomic E-state index is 0.216. The zero-order valence-electron chi connectivity index (χ0n) is 16.7. The molecule has 0 bridgehead atoms. The van der Waals surface area contributed by atoms with Gasteiger partial charge in [0.25, 0.3) is 0 Å². The van der Waals surface area contributed by atoms with Crippen molar-refractivity contribution in [1.29, 1.82) is 0 Å². The van der Waals surface area contributed by atoms with Crippen molar-refractivity contribution in [1.82, 2.24) is 25.1 Å². The van der Waals surface area contributed by atoms with E-state index in [-0.39, 0.29) is 11.5 Å². The minimum atomic E-state index is 0.216. The fourth-order valence-electron chi connectivity index (χ4n) is 5.01. The van der Waals surface area contributed by atoms with Gasteiger partial charge in [0.05, 0.1) is 11.8 Å². The van der Waals surface area contributed by atoms with Gasteiger partial charge in [-0.3, -0.25) is 4.79 Å². The van der Waals surface area contributed by atoms with Gasteiger partial charge in [-0.2, -0.15) is 4.68 Å². The lowest BCUT2D eigenvalue weighted by Crippen LogP contribution is -2.53. The number of ether oxygens (including phenoxy) is 1. The topological polar surface area (TPSA) is 76.4 Å². The Kier molecular flexibility index (Phi) is 4.95. The van der Waals surface area contributed by atoms with Crippen molar-refractivity contribution in [2.45, 2.75) is 44.6 Å². The van der Waals surface area contributed by atoms with Gasteiger partial charge in [-0.15, -0.1) is 0 Å². The van der Waals surface area contributed by atoms with E-state index in [1.807, 2.05) is 35.0 Å². The summed E-state index contributed by atoms with van der Waals surface area (Å²) in [5.41, 5.74) is 1.19. The molecule has 3 saturated heterocycles. The zero-order valence-corrected chi connectivity index (χ0v) is 16.7. The van der Waals surface area contributed by atoms with Crippen LogP contribution >= 0.6 is 0 Å². The molecular weight excluding hydrogens is 368 g/mol. The third-order valence-corrected chi connectivity index (χ3v) is 6.76. The summed E-state index contributed by atoms with van der Waals surface area (Å²) in [5.74, 6) is 1.09. The summed E-state index contributed by atoms with van der Waals surface area (Å²) in [7, 11) is 0. The van der Waals surface area contributed by atoms with Crippen molar-refractivity contribution < 1.29 is 9.53 Å². The third-order valence-electron chi connectivity index (χ3n) is 6.76. The van der Waals surface area contributed by atoms with E-state index in [4.69, 9.17) is 4.74 Å². The molecule has 2 aromatic rings. The van der Waals surface area contributed by atoms with Crippen molar-refractivity contribution in [2.24, 2.45) is 5.41 Å². The summed E-state index contributed by atoms with van der Waals surface area (Å²) in [5, 5.41) is 12.4. The number of tetrazole rings is 1. The van der Waals surface area contributed by atoms with Crippen LogP contribution in [0.3, 0.4) is 0 Å². The number of piperidine rings is 2. The van der Waals surface area contributed by atoms with Crippen LogP contribution in [0.25, 0.3) is 5.69 Å². The minimum Gasteiger partial charge on any atom is -0.376 e. The summed E-state index contributed by atoms with van der Waals surface area (Å²) in [6, 6.07) is 10.0. The Labute approximate surface area is 170 Å². The van der Waals surface area contributed by atoms with Gasteiger partial charge in [-0.1, -0.05) is 23.3 Å². The van der Waals surface area contributed by atoms with E-state index in [0.717, 1.165) is 76.5 Å². The highest BCUT2D eigenvalue weighted by molar-refractivity contribution is 5.77. The third kappa shape index (κ3) is 3.73. The molecule has 1 aromatic carbocycles. The van der Waals surface area contributed by atoms with Gasteiger partial charge in [-0.25, -0.2) is 0 Å². The van der Waals surface area contributed by atoms with E-state index in [1.165, 1.54) is 0 Å². The molecule has 0 N–H and O–H groups in total. The Hall–Kier alpha value is -2.48. The van der Waals surface area contributed by atoms with Crippen LogP contribution in [0.4, 0.5) is 5.95 Å². The van der Waals surface area contributed by atoms with Crippen molar-refractivity contribution >= 4 is 11.9 Å². The van der Waals surface area contributed by atoms with Gasteiger partial charge < -0.3 is 14.5 Å². The second-order valence-electron chi connectivity index (χ2n) is 8.62. The largest absolute Gasteiger partial charge is 0.376 e. The monoisotopic (exact) mass is 396 g/mol. The van der Waals surface area contributed by atoms with Gasteiger partial charge in [0.2, 0.25) is 11.9 Å². The maximum absolute atomic E-state index is 12.5. The van der Waals surface area contributed by atoms with E-state index in [9.17, 15) is 4.79 Å². The molecule has 0 saturated carbocycles. The normalized spacial score (nSPS) is 24.4. The summed E-state index contributed by atoms with van der Waals surface area (Å²) >= 11 is 0. The molecule has 8 nitrogen and oxygen atoms in total. The highest BCUT2D eigenvalue weighted by Gasteiger charge is 2.42. The zero-order chi connectivity index (χ0) is 19.7. The number of likely N-dealkylation sites (tertiary alicyclic amines) is 1. The van der Waals surface area contributed by atoms with Crippen molar-refractivity contribution in [3.63, 3.8) is 0 Å². The second-order valence-corrected chi connectivity index (χ2v) is 8.62. The number of amides is 1. The van der Waals surface area contributed by atoms with Gasteiger partial charge in [0, 0.05) is 39.2 Å². The lowest BCUT2D eigenvalue weighted by atomic mass is 9.72. The molecule has 8 heteroatoms. The first-order chi connectivity index (χ1) is 14.2. The number of benzene rings is 1.